The lowest BCUT2D eigenvalue weighted by molar-refractivity contribution is -0.237. The number of hydrogen-bond acceptors (Lipinski definition) is 0. The van der Waals surface area contributed by atoms with Crippen molar-refractivity contribution in [2.75, 3.05) is 0 Å². The van der Waals surface area contributed by atoms with Crippen molar-refractivity contribution in [3.05, 3.63) is 41.0 Å². The molecule has 0 aliphatic heterocycles. The van der Waals surface area contributed by atoms with Crippen LogP contribution in [0.15, 0.2) is 29.8 Å². The summed E-state index contributed by atoms with van der Waals surface area (Å²) < 4.78 is 0. The van der Waals surface area contributed by atoms with Gasteiger partial charge in [-0.25, -0.2) is 0 Å². The predicted molar refractivity (Wildman–Crippen MR) is 150 cm³/mol. The summed E-state index contributed by atoms with van der Waals surface area (Å²) in [5.74, 6) is 2.31. The van der Waals surface area contributed by atoms with Crippen LogP contribution in [-0.2, 0) is 0 Å². The van der Waals surface area contributed by atoms with E-state index in [2.05, 4.69) is 110 Å². The van der Waals surface area contributed by atoms with E-state index in [1.807, 2.05) is 19.4 Å². The number of rotatable bonds is 0. The topological polar surface area (TPSA) is 0 Å². The monoisotopic (exact) mass is 632 g/mol. The third-order valence-electron chi connectivity index (χ3n) is 10.4. The van der Waals surface area contributed by atoms with Gasteiger partial charge in [-0.1, -0.05) is 92.2 Å². The van der Waals surface area contributed by atoms with Gasteiger partial charge in [0.05, 0.1) is 0 Å². The SMILES string of the molecule is CC.CC1C2=C(CCC3CC4(C)CC2(C)C3C(C)(C)C4(C)C)c2ccccc21.II. The average Bonchev–Trinajstić information content (AvgIpc) is 2.95. The summed E-state index contributed by atoms with van der Waals surface area (Å²) in [6.45, 7) is 22.2. The number of benzene rings is 1. The Kier molecular flexibility index (Phi) is 6.95. The molecule has 0 spiro atoms. The molecule has 5 aliphatic carbocycles. The van der Waals surface area contributed by atoms with E-state index in [0.29, 0.717) is 27.6 Å². The minimum atomic E-state index is 0.362. The second-order valence-electron chi connectivity index (χ2n) is 11.7. The highest BCUT2D eigenvalue weighted by atomic mass is 128. The number of allylic oxidation sites excluding steroid dienone is 2. The van der Waals surface area contributed by atoms with E-state index in [4.69, 9.17) is 0 Å². The van der Waals surface area contributed by atoms with Crippen molar-refractivity contribution in [3.8, 4) is 0 Å². The molecule has 5 unspecified atom stereocenters. The number of fused-ring (bicyclic) bond motifs is 3. The van der Waals surface area contributed by atoms with Crippen LogP contribution in [-0.4, -0.2) is 0 Å². The van der Waals surface area contributed by atoms with Gasteiger partial charge < -0.3 is 0 Å². The van der Waals surface area contributed by atoms with Gasteiger partial charge in [-0.15, -0.1) is 0 Å². The van der Waals surface area contributed by atoms with Gasteiger partial charge in [-0.2, -0.15) is 0 Å². The Morgan fingerprint density at radius 3 is 2.13 bits per heavy atom. The second kappa shape index (κ2) is 8.33. The van der Waals surface area contributed by atoms with Crippen LogP contribution in [0.25, 0.3) is 5.57 Å². The molecule has 6 rings (SSSR count). The van der Waals surface area contributed by atoms with Gasteiger partial charge in [0.15, 0.2) is 0 Å². The minimum Gasteiger partial charge on any atom is -0.0683 e. The molecule has 5 aliphatic rings. The average molecular weight is 632 g/mol. The quantitative estimate of drug-likeness (QED) is 0.250. The summed E-state index contributed by atoms with van der Waals surface area (Å²) in [5.41, 5.74) is 8.35. The van der Waals surface area contributed by atoms with E-state index in [1.54, 1.807) is 16.7 Å². The highest BCUT2D eigenvalue weighted by Crippen LogP contribution is 2.79. The van der Waals surface area contributed by atoms with Gasteiger partial charge in [0.1, 0.15) is 0 Å². The van der Waals surface area contributed by atoms with E-state index in [9.17, 15) is 0 Å². The Balaban J connectivity index is 0.000000606. The molecule has 0 nitrogen and oxygen atoms in total. The maximum absolute atomic E-state index is 2.67. The molecule has 5 atom stereocenters. The van der Waals surface area contributed by atoms with Crippen molar-refractivity contribution in [2.24, 2.45) is 33.5 Å². The molecule has 3 fully saturated rings. The van der Waals surface area contributed by atoms with E-state index in [-0.39, 0.29) is 0 Å². The number of hydrogen-bond donors (Lipinski definition) is 0. The third kappa shape index (κ3) is 3.07. The van der Waals surface area contributed by atoms with E-state index < -0.39 is 0 Å². The Hall–Kier alpha value is 0.420. The van der Waals surface area contributed by atoms with Crippen LogP contribution < -0.4 is 0 Å². The van der Waals surface area contributed by atoms with Crippen LogP contribution in [0, 0.1) is 33.5 Å². The summed E-state index contributed by atoms with van der Waals surface area (Å²) in [6.07, 6.45) is 5.53. The standard InChI is InChI=1S/C26H36.C2H6.I2/c1-16-18-10-8-9-11-19(18)20-13-12-17-14-25(6)15-26(7,21(16)20)22(17)23(2,3)24(25,4)5;2*1-2/h8-11,16-17,22H,12-15H2,1-7H3;1-2H3;. The maximum atomic E-state index is 2.67. The van der Waals surface area contributed by atoms with Crippen molar-refractivity contribution in [1.29, 1.82) is 0 Å². The predicted octanol–water partition coefficient (Wildman–Crippen LogP) is 10.3. The fraction of sp³-hybridized carbons (Fsp3) is 0.714. The zero-order valence-corrected chi connectivity index (χ0v) is 24.9. The summed E-state index contributed by atoms with van der Waals surface area (Å²) in [5, 5.41) is 0. The summed E-state index contributed by atoms with van der Waals surface area (Å²) in [4.78, 5) is 0. The van der Waals surface area contributed by atoms with Crippen molar-refractivity contribution in [2.45, 2.75) is 93.9 Å². The zero-order valence-electron chi connectivity index (χ0n) is 20.6. The van der Waals surface area contributed by atoms with Crippen molar-refractivity contribution in [1.82, 2.24) is 0 Å². The van der Waals surface area contributed by atoms with Gasteiger partial charge in [0, 0.05) is 43.1 Å². The normalized spacial score (nSPS) is 39.0. The lowest BCUT2D eigenvalue weighted by Crippen LogP contribution is -2.67. The molecule has 0 heterocycles. The van der Waals surface area contributed by atoms with Gasteiger partial charge in [-0.3, -0.25) is 0 Å². The molecule has 4 bridgehead atoms. The molecular formula is C28H42I2. The Morgan fingerprint density at radius 2 is 1.53 bits per heavy atom. The maximum Gasteiger partial charge on any atom is 0.00374 e. The van der Waals surface area contributed by atoms with Crippen molar-refractivity contribution < 1.29 is 0 Å². The zero-order chi connectivity index (χ0) is 22.7. The third-order valence-corrected chi connectivity index (χ3v) is 10.4. The molecule has 0 radical (unpaired) electrons. The van der Waals surface area contributed by atoms with Gasteiger partial charge >= 0.3 is 0 Å². The fourth-order valence-electron chi connectivity index (χ4n) is 8.92. The fourth-order valence-corrected chi connectivity index (χ4v) is 8.92. The van der Waals surface area contributed by atoms with E-state index in [1.165, 1.54) is 25.7 Å². The van der Waals surface area contributed by atoms with Gasteiger partial charge in [0.25, 0.3) is 0 Å². The van der Waals surface area contributed by atoms with E-state index in [0.717, 1.165) is 11.8 Å². The Morgan fingerprint density at radius 1 is 0.933 bits per heavy atom. The smallest absolute Gasteiger partial charge is 0.00374 e. The lowest BCUT2D eigenvalue weighted by Gasteiger charge is -2.74. The van der Waals surface area contributed by atoms with Crippen molar-refractivity contribution in [3.63, 3.8) is 0 Å². The second-order valence-corrected chi connectivity index (χ2v) is 11.7. The van der Waals surface area contributed by atoms with Gasteiger partial charge in [0.2, 0.25) is 0 Å². The molecule has 3 saturated carbocycles. The Bertz CT molecular complexity index is 826. The molecule has 0 aromatic heterocycles. The van der Waals surface area contributed by atoms with Crippen molar-refractivity contribution >= 4 is 42.8 Å². The molecule has 30 heavy (non-hydrogen) atoms. The highest BCUT2D eigenvalue weighted by molar-refractivity contribution is 15.0. The van der Waals surface area contributed by atoms with Crippen LogP contribution >= 0.6 is 37.2 Å². The molecule has 0 amide bonds. The lowest BCUT2D eigenvalue weighted by atomic mass is 9.31. The van der Waals surface area contributed by atoms with E-state index >= 15 is 0 Å². The van der Waals surface area contributed by atoms with Crippen LogP contribution in [0.5, 0.6) is 0 Å². The molecule has 0 N–H and O–H groups in total. The molecule has 2 heteroatoms. The largest absolute Gasteiger partial charge is 0.0683 e. The Labute approximate surface area is 209 Å². The molecule has 1 aromatic carbocycles. The van der Waals surface area contributed by atoms with Crippen LogP contribution in [0.1, 0.15) is 105 Å². The number of halogens is 2. The molecular weight excluding hydrogens is 590 g/mol. The first-order valence-electron chi connectivity index (χ1n) is 12.0. The summed E-state index contributed by atoms with van der Waals surface area (Å²) in [6, 6.07) is 9.30. The summed E-state index contributed by atoms with van der Waals surface area (Å²) in [7, 11) is 0. The first-order chi connectivity index (χ1) is 14.0. The molecule has 1 aromatic rings. The minimum absolute atomic E-state index is 0.362. The first-order valence-corrected chi connectivity index (χ1v) is 18.3. The summed E-state index contributed by atoms with van der Waals surface area (Å²) >= 11 is 4.24. The molecule has 0 saturated heterocycles. The van der Waals surface area contributed by atoms with Crippen LogP contribution in [0.2, 0.25) is 0 Å². The highest BCUT2D eigenvalue weighted by Gasteiger charge is 2.71. The first kappa shape index (κ1) is 25.1. The van der Waals surface area contributed by atoms with Crippen LogP contribution in [0.4, 0.5) is 0 Å². The van der Waals surface area contributed by atoms with Gasteiger partial charge in [-0.05, 0) is 75.9 Å². The molecule has 168 valence electrons. The van der Waals surface area contributed by atoms with Crippen LogP contribution in [0.3, 0.4) is 0 Å².